The molecule has 1 aromatic carbocycles. The van der Waals surface area contributed by atoms with E-state index in [9.17, 15) is 15.2 Å². The predicted octanol–water partition coefficient (Wildman–Crippen LogP) is 2.20. The number of aryl methyl sites for hydroxylation is 1. The molecule has 1 N–H and O–H groups in total. The van der Waals surface area contributed by atoms with Crippen LogP contribution >= 0.6 is 0 Å². The Morgan fingerprint density at radius 3 is 2.82 bits per heavy atom. The summed E-state index contributed by atoms with van der Waals surface area (Å²) in [6, 6.07) is 4.53. The van der Waals surface area contributed by atoms with Crippen LogP contribution in [0.1, 0.15) is 24.8 Å². The lowest BCUT2D eigenvalue weighted by Gasteiger charge is -2.18. The van der Waals surface area contributed by atoms with Crippen LogP contribution in [0, 0.1) is 17.0 Å². The van der Waals surface area contributed by atoms with E-state index in [1.807, 2.05) is 6.92 Å². The molecule has 0 unspecified atom stereocenters. The molecule has 1 aliphatic rings. The van der Waals surface area contributed by atoms with Crippen molar-refractivity contribution in [2.75, 3.05) is 0 Å². The molecular weight excluding hydrogens is 222 g/mol. The number of nitro benzene ring substituents is 1. The van der Waals surface area contributed by atoms with Crippen molar-refractivity contribution in [2.45, 2.75) is 38.4 Å². The Morgan fingerprint density at radius 2 is 2.24 bits per heavy atom. The maximum Gasteiger partial charge on any atom is 0.273 e. The SMILES string of the molecule is Cc1ccc([N+](=O)[O-])cc1O[C@@H]1CCC[C@H]1O. The Kier molecular flexibility index (Phi) is 3.28. The number of aliphatic hydroxyl groups excluding tert-OH is 1. The molecule has 5 heteroatoms. The van der Waals surface area contributed by atoms with Crippen LogP contribution in [0.3, 0.4) is 0 Å². The van der Waals surface area contributed by atoms with E-state index in [1.165, 1.54) is 12.1 Å². The van der Waals surface area contributed by atoms with Gasteiger partial charge >= 0.3 is 0 Å². The monoisotopic (exact) mass is 237 g/mol. The van der Waals surface area contributed by atoms with Gasteiger partial charge < -0.3 is 9.84 Å². The highest BCUT2D eigenvalue weighted by atomic mass is 16.6. The highest BCUT2D eigenvalue weighted by molar-refractivity contribution is 5.43. The molecule has 0 spiro atoms. The normalized spacial score (nSPS) is 23.6. The molecule has 0 aliphatic heterocycles. The first-order chi connectivity index (χ1) is 8.08. The molecule has 0 saturated heterocycles. The Morgan fingerprint density at radius 1 is 1.47 bits per heavy atom. The summed E-state index contributed by atoms with van der Waals surface area (Å²) in [5, 5.41) is 20.3. The van der Waals surface area contributed by atoms with Gasteiger partial charge in [-0.2, -0.15) is 0 Å². The zero-order valence-electron chi connectivity index (χ0n) is 9.63. The number of hydrogen-bond acceptors (Lipinski definition) is 4. The Labute approximate surface area is 99.2 Å². The number of nitrogens with zero attached hydrogens (tertiary/aromatic N) is 1. The number of benzene rings is 1. The van der Waals surface area contributed by atoms with Crippen molar-refractivity contribution in [1.82, 2.24) is 0 Å². The summed E-state index contributed by atoms with van der Waals surface area (Å²) in [7, 11) is 0. The Balaban J connectivity index is 2.19. The van der Waals surface area contributed by atoms with Crippen LogP contribution < -0.4 is 4.74 Å². The van der Waals surface area contributed by atoms with Gasteiger partial charge in [0.25, 0.3) is 5.69 Å². The van der Waals surface area contributed by atoms with Crippen LogP contribution in [0.2, 0.25) is 0 Å². The number of hydrogen-bond donors (Lipinski definition) is 1. The highest BCUT2D eigenvalue weighted by Crippen LogP contribution is 2.29. The number of ether oxygens (including phenoxy) is 1. The summed E-state index contributed by atoms with van der Waals surface area (Å²) in [6.45, 7) is 1.83. The summed E-state index contributed by atoms with van der Waals surface area (Å²) in [4.78, 5) is 10.2. The minimum Gasteiger partial charge on any atom is -0.487 e. The fourth-order valence-corrected chi connectivity index (χ4v) is 2.04. The van der Waals surface area contributed by atoms with Crippen molar-refractivity contribution in [3.63, 3.8) is 0 Å². The van der Waals surface area contributed by atoms with E-state index >= 15 is 0 Å². The summed E-state index contributed by atoms with van der Waals surface area (Å²) < 4.78 is 5.65. The largest absolute Gasteiger partial charge is 0.487 e. The van der Waals surface area contributed by atoms with E-state index in [1.54, 1.807) is 6.07 Å². The van der Waals surface area contributed by atoms with Crippen molar-refractivity contribution >= 4 is 5.69 Å². The minimum absolute atomic E-state index is 0.0121. The quantitative estimate of drug-likeness (QED) is 0.646. The maximum atomic E-state index is 10.7. The van der Waals surface area contributed by atoms with E-state index in [0.29, 0.717) is 5.75 Å². The van der Waals surface area contributed by atoms with Gasteiger partial charge in [-0.15, -0.1) is 0 Å². The van der Waals surface area contributed by atoms with Crippen LogP contribution in [0.5, 0.6) is 5.75 Å². The number of non-ortho nitro benzene ring substituents is 1. The average molecular weight is 237 g/mol. The van der Waals surface area contributed by atoms with Crippen LogP contribution in [0.25, 0.3) is 0 Å². The zero-order chi connectivity index (χ0) is 12.4. The third-order valence-corrected chi connectivity index (χ3v) is 3.08. The van der Waals surface area contributed by atoms with Gasteiger partial charge in [0.2, 0.25) is 0 Å². The van der Waals surface area contributed by atoms with Gasteiger partial charge in [0.05, 0.1) is 17.1 Å². The second-order valence-corrected chi connectivity index (χ2v) is 4.36. The van der Waals surface area contributed by atoms with Crippen molar-refractivity contribution in [3.05, 3.63) is 33.9 Å². The molecule has 92 valence electrons. The van der Waals surface area contributed by atoms with Crippen molar-refractivity contribution < 1.29 is 14.8 Å². The predicted molar refractivity (Wildman–Crippen MR) is 62.1 cm³/mol. The van der Waals surface area contributed by atoms with Crippen LogP contribution in [0.4, 0.5) is 5.69 Å². The van der Waals surface area contributed by atoms with Crippen molar-refractivity contribution in [1.29, 1.82) is 0 Å². The van der Waals surface area contributed by atoms with Crippen LogP contribution in [0.15, 0.2) is 18.2 Å². The van der Waals surface area contributed by atoms with E-state index in [-0.39, 0.29) is 11.8 Å². The lowest BCUT2D eigenvalue weighted by Crippen LogP contribution is -2.25. The van der Waals surface area contributed by atoms with E-state index in [0.717, 1.165) is 24.8 Å². The van der Waals surface area contributed by atoms with Gasteiger partial charge in [0, 0.05) is 6.07 Å². The molecule has 1 aliphatic carbocycles. The third kappa shape index (κ3) is 2.55. The highest BCUT2D eigenvalue weighted by Gasteiger charge is 2.27. The summed E-state index contributed by atoms with van der Waals surface area (Å²) >= 11 is 0. The molecule has 0 radical (unpaired) electrons. The van der Waals surface area contributed by atoms with Crippen LogP contribution in [-0.4, -0.2) is 22.2 Å². The first-order valence-corrected chi connectivity index (χ1v) is 5.67. The first kappa shape index (κ1) is 11.9. The van der Waals surface area contributed by atoms with Gasteiger partial charge in [0.1, 0.15) is 11.9 Å². The molecule has 5 nitrogen and oxygen atoms in total. The second kappa shape index (κ2) is 4.71. The summed E-state index contributed by atoms with van der Waals surface area (Å²) in [6.07, 6.45) is 1.76. The molecule has 1 saturated carbocycles. The molecule has 0 aromatic heterocycles. The Bertz CT molecular complexity index is 433. The molecule has 0 amide bonds. The molecular formula is C12H15NO4. The molecule has 17 heavy (non-hydrogen) atoms. The molecule has 2 atom stereocenters. The summed E-state index contributed by atoms with van der Waals surface area (Å²) in [5.74, 6) is 0.491. The van der Waals surface area contributed by atoms with E-state index in [2.05, 4.69) is 0 Å². The fraction of sp³-hybridized carbons (Fsp3) is 0.500. The van der Waals surface area contributed by atoms with Crippen molar-refractivity contribution in [2.24, 2.45) is 0 Å². The smallest absolute Gasteiger partial charge is 0.273 e. The standard InChI is InChI=1S/C12H15NO4/c1-8-5-6-9(13(15)16)7-12(8)17-11-4-2-3-10(11)14/h5-7,10-11,14H,2-4H2,1H3/t10-,11-/m1/s1. The molecule has 1 aromatic rings. The van der Waals surface area contributed by atoms with E-state index < -0.39 is 11.0 Å². The minimum atomic E-state index is -0.464. The zero-order valence-corrected chi connectivity index (χ0v) is 9.63. The average Bonchev–Trinajstić information content (AvgIpc) is 2.67. The van der Waals surface area contributed by atoms with Gasteiger partial charge in [-0.05, 0) is 37.8 Å². The number of rotatable bonds is 3. The van der Waals surface area contributed by atoms with Gasteiger partial charge in [-0.25, -0.2) is 0 Å². The summed E-state index contributed by atoms with van der Waals surface area (Å²) in [5.41, 5.74) is 0.854. The second-order valence-electron chi connectivity index (χ2n) is 4.36. The number of aliphatic hydroxyl groups is 1. The lowest BCUT2D eigenvalue weighted by molar-refractivity contribution is -0.385. The fourth-order valence-electron chi connectivity index (χ4n) is 2.04. The van der Waals surface area contributed by atoms with Gasteiger partial charge in [-0.1, -0.05) is 0 Å². The van der Waals surface area contributed by atoms with Gasteiger partial charge in [-0.3, -0.25) is 10.1 Å². The van der Waals surface area contributed by atoms with E-state index in [4.69, 9.17) is 4.74 Å². The first-order valence-electron chi connectivity index (χ1n) is 5.67. The molecule has 0 bridgehead atoms. The topological polar surface area (TPSA) is 72.6 Å². The molecule has 1 fully saturated rings. The maximum absolute atomic E-state index is 10.7. The lowest BCUT2D eigenvalue weighted by atomic mass is 10.2. The van der Waals surface area contributed by atoms with Crippen molar-refractivity contribution in [3.8, 4) is 5.75 Å². The third-order valence-electron chi connectivity index (χ3n) is 3.08. The van der Waals surface area contributed by atoms with Crippen LogP contribution in [-0.2, 0) is 0 Å². The molecule has 2 rings (SSSR count). The number of nitro groups is 1. The van der Waals surface area contributed by atoms with Gasteiger partial charge in [0.15, 0.2) is 0 Å². The molecule has 0 heterocycles. The Hall–Kier alpha value is -1.62.